The van der Waals surface area contributed by atoms with Gasteiger partial charge >= 0.3 is 5.97 Å². The summed E-state index contributed by atoms with van der Waals surface area (Å²) >= 11 is 0. The quantitative estimate of drug-likeness (QED) is 0.765. The van der Waals surface area contributed by atoms with Crippen LogP contribution in [-0.2, 0) is 23.0 Å². The summed E-state index contributed by atoms with van der Waals surface area (Å²) in [7, 11) is -4.07. The molecule has 0 radical (unpaired) electrons. The summed E-state index contributed by atoms with van der Waals surface area (Å²) in [6, 6.07) is 0. The summed E-state index contributed by atoms with van der Waals surface area (Å²) in [6.07, 6.45) is 0.305. The highest BCUT2D eigenvalue weighted by molar-refractivity contribution is 7.89. The lowest BCUT2D eigenvalue weighted by Crippen LogP contribution is -2.18. The summed E-state index contributed by atoms with van der Waals surface area (Å²) in [5.41, 5.74) is -0.191. The number of hydrogen-bond donors (Lipinski definition) is 2. The van der Waals surface area contributed by atoms with Crippen molar-refractivity contribution < 1.29 is 18.3 Å². The number of nitrogens with zero attached hydrogens (tertiary/aromatic N) is 2. The number of aromatic carboxylic acids is 1. The van der Waals surface area contributed by atoms with E-state index in [1.165, 1.54) is 0 Å². The molecule has 16 heavy (non-hydrogen) atoms. The van der Waals surface area contributed by atoms with Crippen LogP contribution in [0.3, 0.4) is 0 Å². The Morgan fingerprint density at radius 2 is 2.06 bits per heavy atom. The predicted octanol–water partition coefficient (Wildman–Crippen LogP) is -0.189. The molecule has 0 amide bonds. The van der Waals surface area contributed by atoms with E-state index in [9.17, 15) is 13.2 Å². The van der Waals surface area contributed by atoms with E-state index in [-0.39, 0.29) is 22.8 Å². The average molecular weight is 247 g/mol. The fourth-order valence-corrected chi connectivity index (χ4v) is 2.44. The number of rotatable bonds is 4. The second-order valence-electron chi connectivity index (χ2n) is 3.14. The van der Waals surface area contributed by atoms with Crippen molar-refractivity contribution in [3.63, 3.8) is 0 Å². The lowest BCUT2D eigenvalue weighted by Gasteiger charge is -2.01. The maximum Gasteiger partial charge on any atom is 0.355 e. The van der Waals surface area contributed by atoms with Crippen molar-refractivity contribution in [3.8, 4) is 0 Å². The number of aryl methyl sites for hydroxylation is 2. The molecule has 90 valence electrons. The molecule has 0 aliphatic rings. The summed E-state index contributed by atoms with van der Waals surface area (Å²) in [6.45, 7) is 3.62. The van der Waals surface area contributed by atoms with E-state index in [0.717, 1.165) is 4.68 Å². The van der Waals surface area contributed by atoms with Crippen LogP contribution in [0.5, 0.6) is 0 Å². The van der Waals surface area contributed by atoms with Gasteiger partial charge in [-0.1, -0.05) is 6.92 Å². The zero-order chi connectivity index (χ0) is 12.5. The van der Waals surface area contributed by atoms with E-state index in [2.05, 4.69) is 5.10 Å². The third-order valence-electron chi connectivity index (χ3n) is 2.10. The van der Waals surface area contributed by atoms with E-state index >= 15 is 0 Å². The molecule has 1 aromatic rings. The summed E-state index contributed by atoms with van der Waals surface area (Å²) in [5, 5.41) is 17.9. The highest BCUT2D eigenvalue weighted by atomic mass is 32.2. The number of carbonyl (C=O) groups is 1. The van der Waals surface area contributed by atoms with Crippen LogP contribution >= 0.6 is 0 Å². The second kappa shape index (κ2) is 4.22. The molecule has 0 unspecified atom stereocenters. The molecule has 0 fully saturated rings. The van der Waals surface area contributed by atoms with Gasteiger partial charge in [0.05, 0.1) is 5.69 Å². The van der Waals surface area contributed by atoms with Gasteiger partial charge in [-0.25, -0.2) is 18.4 Å². The lowest BCUT2D eigenvalue weighted by atomic mass is 10.3. The molecule has 0 bridgehead atoms. The van der Waals surface area contributed by atoms with Gasteiger partial charge in [-0.15, -0.1) is 0 Å². The van der Waals surface area contributed by atoms with E-state index < -0.39 is 16.0 Å². The number of sulfonamides is 1. The Morgan fingerprint density at radius 1 is 1.50 bits per heavy atom. The molecule has 7 nitrogen and oxygen atoms in total. The third kappa shape index (κ3) is 2.07. The minimum absolute atomic E-state index is 0.182. The third-order valence-corrected chi connectivity index (χ3v) is 3.10. The Kier molecular flexibility index (Phi) is 3.34. The van der Waals surface area contributed by atoms with Gasteiger partial charge in [-0.3, -0.25) is 4.68 Å². The van der Waals surface area contributed by atoms with Crippen LogP contribution in [0.25, 0.3) is 0 Å². The molecular weight excluding hydrogens is 234 g/mol. The molecule has 8 heteroatoms. The first-order valence-electron chi connectivity index (χ1n) is 4.68. The molecule has 0 aliphatic heterocycles. The number of aromatic nitrogens is 2. The molecule has 1 heterocycles. The Balaban J connectivity index is 3.66. The molecule has 1 aromatic heterocycles. The SMILES string of the molecule is CCc1nn(CC)c(C(=O)O)c1S(N)(=O)=O. The van der Waals surface area contributed by atoms with Gasteiger partial charge in [0.2, 0.25) is 10.0 Å². The molecule has 0 aliphatic carbocycles. The van der Waals surface area contributed by atoms with Crippen LogP contribution < -0.4 is 5.14 Å². The average Bonchev–Trinajstić information content (AvgIpc) is 2.55. The van der Waals surface area contributed by atoms with Gasteiger partial charge < -0.3 is 5.11 Å². The van der Waals surface area contributed by atoms with Crippen LogP contribution in [0.4, 0.5) is 0 Å². The van der Waals surface area contributed by atoms with Crippen LogP contribution in [0.1, 0.15) is 30.0 Å². The normalized spacial score (nSPS) is 11.7. The van der Waals surface area contributed by atoms with Crippen molar-refractivity contribution in [2.24, 2.45) is 5.14 Å². The van der Waals surface area contributed by atoms with Gasteiger partial charge in [0.15, 0.2) is 5.69 Å². The standard InChI is InChI=1S/C8H13N3O4S/c1-3-5-7(16(9,14)15)6(8(12)13)11(4-2)10-5/h3-4H2,1-2H3,(H,12,13)(H2,9,14,15). The molecule has 0 saturated heterocycles. The fraction of sp³-hybridized carbons (Fsp3) is 0.500. The van der Waals surface area contributed by atoms with E-state index in [4.69, 9.17) is 10.2 Å². The van der Waals surface area contributed by atoms with Crippen molar-refractivity contribution in [3.05, 3.63) is 11.4 Å². The molecule has 0 saturated carbocycles. The van der Waals surface area contributed by atoms with Crippen LogP contribution in [0, 0.1) is 0 Å². The van der Waals surface area contributed by atoms with Gasteiger partial charge in [-0.2, -0.15) is 5.10 Å². The molecule has 1 rings (SSSR count). The number of hydrogen-bond acceptors (Lipinski definition) is 4. The Labute approximate surface area is 92.9 Å². The summed E-state index contributed by atoms with van der Waals surface area (Å²) in [5.74, 6) is -1.35. The maximum absolute atomic E-state index is 11.3. The minimum Gasteiger partial charge on any atom is -0.476 e. The van der Waals surface area contributed by atoms with Gasteiger partial charge in [0, 0.05) is 6.54 Å². The van der Waals surface area contributed by atoms with E-state index in [1.54, 1.807) is 13.8 Å². The first-order valence-corrected chi connectivity index (χ1v) is 6.23. The fourth-order valence-electron chi connectivity index (χ4n) is 1.46. The van der Waals surface area contributed by atoms with Crippen LogP contribution in [-0.4, -0.2) is 29.3 Å². The number of nitrogens with two attached hydrogens (primary N) is 1. The van der Waals surface area contributed by atoms with E-state index in [0.29, 0.717) is 6.42 Å². The monoisotopic (exact) mass is 247 g/mol. The first-order chi connectivity index (χ1) is 7.32. The Bertz CT molecular complexity index is 518. The number of carboxylic acids is 1. The van der Waals surface area contributed by atoms with Crippen molar-refractivity contribution in [2.45, 2.75) is 31.7 Å². The van der Waals surface area contributed by atoms with Crippen molar-refractivity contribution in [2.75, 3.05) is 0 Å². The number of primary sulfonamides is 1. The molecule has 0 atom stereocenters. The first kappa shape index (κ1) is 12.7. The largest absolute Gasteiger partial charge is 0.476 e. The van der Waals surface area contributed by atoms with Crippen LogP contribution in [0.2, 0.25) is 0 Å². The maximum atomic E-state index is 11.3. The minimum atomic E-state index is -4.07. The highest BCUT2D eigenvalue weighted by Crippen LogP contribution is 2.20. The van der Waals surface area contributed by atoms with Gasteiger partial charge in [0.25, 0.3) is 0 Å². The lowest BCUT2D eigenvalue weighted by molar-refractivity contribution is 0.0679. The van der Waals surface area contributed by atoms with Crippen molar-refractivity contribution >= 4 is 16.0 Å². The second-order valence-corrected chi connectivity index (χ2v) is 4.64. The Hall–Kier alpha value is -1.41. The topological polar surface area (TPSA) is 115 Å². The summed E-state index contributed by atoms with van der Waals surface area (Å²) < 4.78 is 23.8. The summed E-state index contributed by atoms with van der Waals surface area (Å²) in [4.78, 5) is 10.6. The van der Waals surface area contributed by atoms with Gasteiger partial charge in [0.1, 0.15) is 4.90 Å². The molecule has 0 spiro atoms. The zero-order valence-electron chi connectivity index (χ0n) is 8.97. The molecular formula is C8H13N3O4S. The zero-order valence-corrected chi connectivity index (χ0v) is 9.78. The van der Waals surface area contributed by atoms with Crippen molar-refractivity contribution in [1.82, 2.24) is 9.78 Å². The molecule has 0 aromatic carbocycles. The Morgan fingerprint density at radius 3 is 2.38 bits per heavy atom. The van der Waals surface area contributed by atoms with Gasteiger partial charge in [-0.05, 0) is 13.3 Å². The van der Waals surface area contributed by atoms with E-state index in [1.807, 2.05) is 0 Å². The molecule has 3 N–H and O–H groups in total. The van der Waals surface area contributed by atoms with Crippen molar-refractivity contribution in [1.29, 1.82) is 0 Å². The highest BCUT2D eigenvalue weighted by Gasteiger charge is 2.28. The van der Waals surface area contributed by atoms with Crippen LogP contribution in [0.15, 0.2) is 4.90 Å². The number of carboxylic acid groups (broad SMARTS) is 1. The predicted molar refractivity (Wildman–Crippen MR) is 55.6 cm³/mol. The smallest absolute Gasteiger partial charge is 0.355 e.